The second-order valence-corrected chi connectivity index (χ2v) is 7.65. The summed E-state index contributed by atoms with van der Waals surface area (Å²) in [7, 11) is -3.74. The molecule has 1 saturated carbocycles. The van der Waals surface area contributed by atoms with E-state index in [-0.39, 0.29) is 22.5 Å². The fourth-order valence-electron chi connectivity index (χ4n) is 2.38. The summed E-state index contributed by atoms with van der Waals surface area (Å²) in [6.45, 7) is 1.44. The van der Waals surface area contributed by atoms with Gasteiger partial charge in [-0.15, -0.1) is 0 Å². The summed E-state index contributed by atoms with van der Waals surface area (Å²) in [6.07, 6.45) is 4.59. The van der Waals surface area contributed by atoms with Crippen molar-refractivity contribution in [2.24, 2.45) is 0 Å². The standard InChI is InChI=1S/C12H17NO5S2/c1-7-11(6-10(18-7)12(14)15)20(16,17)13-8-3-4-9(5-8)19-2/h6,8-9,13H,3-5H2,1-2H3,(H,14,15). The van der Waals surface area contributed by atoms with E-state index in [2.05, 4.69) is 4.72 Å². The van der Waals surface area contributed by atoms with Gasteiger partial charge in [-0.2, -0.15) is 11.8 Å². The molecule has 0 bridgehead atoms. The van der Waals surface area contributed by atoms with Crippen LogP contribution in [0.25, 0.3) is 0 Å². The Morgan fingerprint density at radius 2 is 2.20 bits per heavy atom. The minimum Gasteiger partial charge on any atom is -0.475 e. The lowest BCUT2D eigenvalue weighted by Gasteiger charge is -2.12. The Labute approximate surface area is 122 Å². The van der Waals surface area contributed by atoms with Crippen LogP contribution >= 0.6 is 11.8 Å². The minimum atomic E-state index is -3.74. The van der Waals surface area contributed by atoms with Crippen molar-refractivity contribution in [3.8, 4) is 0 Å². The monoisotopic (exact) mass is 319 g/mol. The highest BCUT2D eigenvalue weighted by molar-refractivity contribution is 7.99. The third kappa shape index (κ3) is 3.18. The molecule has 20 heavy (non-hydrogen) atoms. The van der Waals surface area contributed by atoms with Gasteiger partial charge in [0.05, 0.1) is 0 Å². The van der Waals surface area contributed by atoms with E-state index in [1.165, 1.54) is 6.92 Å². The number of hydrogen-bond acceptors (Lipinski definition) is 5. The predicted octanol–water partition coefficient (Wildman–Crippen LogP) is 1.85. The number of sulfonamides is 1. The quantitative estimate of drug-likeness (QED) is 0.859. The third-order valence-corrected chi connectivity index (χ3v) is 6.13. The van der Waals surface area contributed by atoms with Crippen molar-refractivity contribution in [1.82, 2.24) is 4.72 Å². The smallest absolute Gasteiger partial charge is 0.371 e. The van der Waals surface area contributed by atoms with E-state index in [0.717, 1.165) is 25.3 Å². The number of furan rings is 1. The Hall–Kier alpha value is -0.990. The van der Waals surface area contributed by atoms with Crippen LogP contribution in [0.1, 0.15) is 35.6 Å². The molecule has 0 amide bonds. The molecular weight excluding hydrogens is 302 g/mol. The summed E-state index contributed by atoms with van der Waals surface area (Å²) in [5, 5.41) is 9.30. The molecule has 1 heterocycles. The van der Waals surface area contributed by atoms with Crippen molar-refractivity contribution in [2.45, 2.75) is 42.4 Å². The Morgan fingerprint density at radius 3 is 2.70 bits per heavy atom. The minimum absolute atomic E-state index is 0.0920. The second kappa shape index (κ2) is 5.79. The molecule has 2 N–H and O–H groups in total. The SMILES string of the molecule is CSC1CCC(NS(=O)(=O)c2cc(C(=O)O)oc2C)C1. The van der Waals surface area contributed by atoms with Crippen molar-refractivity contribution in [2.75, 3.05) is 6.26 Å². The maximum absolute atomic E-state index is 12.3. The Morgan fingerprint density at radius 1 is 1.50 bits per heavy atom. The molecule has 1 aromatic heterocycles. The van der Waals surface area contributed by atoms with E-state index >= 15 is 0 Å². The topological polar surface area (TPSA) is 96.6 Å². The zero-order chi connectivity index (χ0) is 14.9. The van der Waals surface area contributed by atoms with Gasteiger partial charge in [0.1, 0.15) is 10.7 Å². The van der Waals surface area contributed by atoms with E-state index in [9.17, 15) is 13.2 Å². The van der Waals surface area contributed by atoms with E-state index in [1.54, 1.807) is 11.8 Å². The average molecular weight is 319 g/mol. The number of carbonyl (C=O) groups is 1. The normalized spacial score (nSPS) is 23.1. The summed E-state index contributed by atoms with van der Waals surface area (Å²) >= 11 is 1.74. The van der Waals surface area contributed by atoms with Gasteiger partial charge < -0.3 is 9.52 Å². The summed E-state index contributed by atoms with van der Waals surface area (Å²) in [5.74, 6) is -1.55. The number of aryl methyl sites for hydroxylation is 1. The van der Waals surface area contributed by atoms with Gasteiger partial charge in [-0.25, -0.2) is 17.9 Å². The van der Waals surface area contributed by atoms with Crippen LogP contribution in [-0.2, 0) is 10.0 Å². The van der Waals surface area contributed by atoms with Gasteiger partial charge in [0.25, 0.3) is 0 Å². The lowest BCUT2D eigenvalue weighted by molar-refractivity contribution is 0.0661. The fourth-order valence-corrected chi connectivity index (χ4v) is 4.64. The molecule has 6 nitrogen and oxygen atoms in total. The number of rotatable bonds is 5. The van der Waals surface area contributed by atoms with Crippen molar-refractivity contribution >= 4 is 27.8 Å². The molecule has 0 radical (unpaired) electrons. The van der Waals surface area contributed by atoms with Crippen LogP contribution in [-0.4, -0.2) is 37.0 Å². The van der Waals surface area contributed by atoms with E-state index in [0.29, 0.717) is 5.25 Å². The average Bonchev–Trinajstić information content (AvgIpc) is 2.95. The molecule has 1 aliphatic rings. The number of carboxylic acids is 1. The molecule has 0 aromatic carbocycles. The van der Waals surface area contributed by atoms with Crippen molar-refractivity contribution in [3.63, 3.8) is 0 Å². The first-order valence-corrected chi connectivity index (χ1v) is 8.99. The number of hydrogen-bond donors (Lipinski definition) is 2. The largest absolute Gasteiger partial charge is 0.475 e. The summed E-state index contributed by atoms with van der Waals surface area (Å²) in [6, 6.07) is 0.959. The molecule has 8 heteroatoms. The zero-order valence-electron chi connectivity index (χ0n) is 11.3. The lowest BCUT2D eigenvalue weighted by atomic mass is 10.3. The molecule has 2 atom stereocenters. The Kier molecular flexibility index (Phi) is 4.46. The molecule has 0 aliphatic heterocycles. The number of thioether (sulfide) groups is 1. The van der Waals surface area contributed by atoms with Crippen LogP contribution < -0.4 is 4.72 Å². The van der Waals surface area contributed by atoms with Gasteiger partial charge in [0.15, 0.2) is 0 Å². The number of aromatic carboxylic acids is 1. The summed E-state index contributed by atoms with van der Waals surface area (Å²) in [4.78, 5) is 10.7. The van der Waals surface area contributed by atoms with Crippen LogP contribution in [0.5, 0.6) is 0 Å². The van der Waals surface area contributed by atoms with Crippen molar-refractivity contribution < 1.29 is 22.7 Å². The van der Waals surface area contributed by atoms with E-state index < -0.39 is 16.0 Å². The molecule has 1 aliphatic carbocycles. The van der Waals surface area contributed by atoms with Gasteiger partial charge in [-0.05, 0) is 32.4 Å². The number of carboxylic acid groups (broad SMARTS) is 1. The molecule has 1 fully saturated rings. The Balaban J connectivity index is 2.17. The molecule has 112 valence electrons. The maximum atomic E-state index is 12.3. The highest BCUT2D eigenvalue weighted by Gasteiger charge is 2.30. The van der Waals surface area contributed by atoms with Gasteiger partial charge in [-0.1, -0.05) is 0 Å². The molecule has 0 saturated heterocycles. The van der Waals surface area contributed by atoms with Gasteiger partial charge in [-0.3, -0.25) is 0 Å². The van der Waals surface area contributed by atoms with Crippen molar-refractivity contribution in [3.05, 3.63) is 17.6 Å². The first kappa shape index (κ1) is 15.4. The molecule has 2 unspecified atom stereocenters. The highest BCUT2D eigenvalue weighted by atomic mass is 32.2. The lowest BCUT2D eigenvalue weighted by Crippen LogP contribution is -2.33. The molecule has 2 rings (SSSR count). The van der Waals surface area contributed by atoms with Gasteiger partial charge >= 0.3 is 5.97 Å². The maximum Gasteiger partial charge on any atom is 0.371 e. The van der Waals surface area contributed by atoms with Crippen LogP contribution in [0.4, 0.5) is 0 Å². The third-order valence-electron chi connectivity index (χ3n) is 3.41. The predicted molar refractivity (Wildman–Crippen MR) is 75.7 cm³/mol. The first-order valence-electron chi connectivity index (χ1n) is 6.22. The fraction of sp³-hybridized carbons (Fsp3) is 0.583. The van der Waals surface area contributed by atoms with Crippen LogP contribution in [0.2, 0.25) is 0 Å². The first-order chi connectivity index (χ1) is 9.33. The number of nitrogens with one attached hydrogen (secondary N) is 1. The molecule has 1 aromatic rings. The second-order valence-electron chi connectivity index (χ2n) is 4.83. The summed E-state index contributed by atoms with van der Waals surface area (Å²) in [5.41, 5.74) is 0. The van der Waals surface area contributed by atoms with Crippen molar-refractivity contribution in [1.29, 1.82) is 0 Å². The van der Waals surface area contributed by atoms with Crippen LogP contribution in [0.3, 0.4) is 0 Å². The molecular formula is C12H17NO5S2. The Bertz CT molecular complexity index is 607. The highest BCUT2D eigenvalue weighted by Crippen LogP contribution is 2.29. The molecule has 0 spiro atoms. The summed E-state index contributed by atoms with van der Waals surface area (Å²) < 4.78 is 32.1. The van der Waals surface area contributed by atoms with Crippen LogP contribution in [0.15, 0.2) is 15.4 Å². The van der Waals surface area contributed by atoms with Gasteiger partial charge in [0.2, 0.25) is 15.8 Å². The van der Waals surface area contributed by atoms with Crippen LogP contribution in [0, 0.1) is 6.92 Å². The van der Waals surface area contributed by atoms with E-state index in [4.69, 9.17) is 9.52 Å². The van der Waals surface area contributed by atoms with Gasteiger partial charge in [0, 0.05) is 17.4 Å². The van der Waals surface area contributed by atoms with E-state index in [1.807, 2.05) is 6.26 Å². The zero-order valence-corrected chi connectivity index (χ0v) is 12.9.